The summed E-state index contributed by atoms with van der Waals surface area (Å²) in [7, 11) is 1.36. The lowest BCUT2D eigenvalue weighted by Gasteiger charge is -2.17. The van der Waals surface area contributed by atoms with Crippen molar-refractivity contribution in [2.75, 3.05) is 18.9 Å². The molecule has 17 heteroatoms. The van der Waals surface area contributed by atoms with E-state index in [0.717, 1.165) is 6.92 Å². The second kappa shape index (κ2) is 9.34. The standard InChI is InChI=1S/C20H21F2N11O4/c1-20(21,22)7-24-15-11-16(32(8-25-11)18-13(35)12(34)14(37-18)17(36)23-2)28-19(27-15)33-6-10(30-31-33)9-4-3-5-26-29-9/h3-6,8,12-14,18,34-35H,7H2,1-2H3,(H,23,36)(H,24,27,28)/t12-,13+,14-,18+/m0/s1. The highest BCUT2D eigenvalue weighted by Crippen LogP contribution is 2.33. The maximum Gasteiger partial charge on any atom is 0.262 e. The summed E-state index contributed by atoms with van der Waals surface area (Å²) in [5.41, 5.74) is 0.916. The second-order valence-electron chi connectivity index (χ2n) is 8.32. The number of anilines is 1. The van der Waals surface area contributed by atoms with Crippen molar-refractivity contribution in [3.63, 3.8) is 0 Å². The summed E-state index contributed by atoms with van der Waals surface area (Å²) in [6.45, 7) is -0.0147. The molecule has 4 aromatic rings. The number of nitrogens with one attached hydrogen (secondary N) is 2. The molecule has 0 radical (unpaired) electrons. The summed E-state index contributed by atoms with van der Waals surface area (Å²) in [6.07, 6.45) is -1.48. The van der Waals surface area contributed by atoms with Gasteiger partial charge in [-0.3, -0.25) is 9.36 Å². The number of halogens is 2. The lowest BCUT2D eigenvalue weighted by molar-refractivity contribution is -0.137. The van der Waals surface area contributed by atoms with Crippen molar-refractivity contribution in [2.24, 2.45) is 0 Å². The van der Waals surface area contributed by atoms with Crippen LogP contribution in [-0.2, 0) is 9.53 Å². The summed E-state index contributed by atoms with van der Waals surface area (Å²) >= 11 is 0. The molecule has 0 unspecified atom stereocenters. The van der Waals surface area contributed by atoms with Crippen LogP contribution in [0, 0.1) is 0 Å². The van der Waals surface area contributed by atoms with Crippen LogP contribution in [0.5, 0.6) is 0 Å². The summed E-state index contributed by atoms with van der Waals surface area (Å²) < 4.78 is 35.3. The number of fused-ring (bicyclic) bond motifs is 1. The number of likely N-dealkylation sites (N-methyl/N-ethyl adjacent to an activating group) is 1. The Labute approximate surface area is 206 Å². The van der Waals surface area contributed by atoms with E-state index in [2.05, 4.69) is 46.1 Å². The molecule has 4 atom stereocenters. The van der Waals surface area contributed by atoms with Crippen LogP contribution >= 0.6 is 0 Å². The molecule has 4 N–H and O–H groups in total. The monoisotopic (exact) mass is 517 g/mol. The Hall–Kier alpha value is -4.22. The van der Waals surface area contributed by atoms with E-state index < -0.39 is 42.9 Å². The number of aliphatic hydroxyl groups excluding tert-OH is 2. The van der Waals surface area contributed by atoms with E-state index >= 15 is 0 Å². The molecule has 194 valence electrons. The zero-order valence-electron chi connectivity index (χ0n) is 19.4. The quantitative estimate of drug-likeness (QED) is 0.241. The molecule has 1 saturated heterocycles. The molecule has 1 aliphatic rings. The Morgan fingerprint density at radius 1 is 1.22 bits per heavy atom. The summed E-state index contributed by atoms with van der Waals surface area (Å²) in [5.74, 6) is -3.83. The van der Waals surface area contributed by atoms with Gasteiger partial charge in [-0.05, 0) is 12.1 Å². The highest BCUT2D eigenvalue weighted by molar-refractivity contribution is 5.84. The molecular formula is C20H21F2N11O4. The van der Waals surface area contributed by atoms with E-state index in [1.54, 1.807) is 12.1 Å². The van der Waals surface area contributed by atoms with E-state index in [0.29, 0.717) is 11.4 Å². The minimum absolute atomic E-state index is 0.0484. The number of nitrogens with zero attached hydrogens (tertiary/aromatic N) is 9. The fourth-order valence-corrected chi connectivity index (χ4v) is 3.72. The third kappa shape index (κ3) is 4.66. The van der Waals surface area contributed by atoms with Gasteiger partial charge < -0.3 is 25.6 Å². The molecule has 0 bridgehead atoms. The Balaban J connectivity index is 1.58. The summed E-state index contributed by atoms with van der Waals surface area (Å²) in [6, 6.07) is 3.34. The van der Waals surface area contributed by atoms with Crippen molar-refractivity contribution in [1.29, 1.82) is 0 Å². The van der Waals surface area contributed by atoms with Gasteiger partial charge in [0.15, 0.2) is 29.3 Å². The van der Waals surface area contributed by atoms with E-state index in [1.165, 1.54) is 35.0 Å². The average molecular weight is 517 g/mol. The number of aliphatic hydroxyl groups is 2. The number of carbonyl (C=O) groups excluding carboxylic acids is 1. The van der Waals surface area contributed by atoms with Crippen molar-refractivity contribution < 1.29 is 28.5 Å². The second-order valence-corrected chi connectivity index (χ2v) is 8.32. The third-order valence-corrected chi connectivity index (χ3v) is 5.53. The van der Waals surface area contributed by atoms with Gasteiger partial charge >= 0.3 is 0 Å². The van der Waals surface area contributed by atoms with Crippen LogP contribution in [0.3, 0.4) is 0 Å². The number of imidazole rings is 1. The van der Waals surface area contributed by atoms with Gasteiger partial charge in [-0.15, -0.1) is 10.2 Å². The minimum atomic E-state index is -3.07. The molecule has 0 aromatic carbocycles. The van der Waals surface area contributed by atoms with E-state index in [9.17, 15) is 23.8 Å². The van der Waals surface area contributed by atoms with Gasteiger partial charge in [0.05, 0.1) is 19.1 Å². The Kier molecular flexibility index (Phi) is 6.18. The van der Waals surface area contributed by atoms with Crippen molar-refractivity contribution in [3.05, 3.63) is 30.9 Å². The Morgan fingerprint density at radius 3 is 2.73 bits per heavy atom. The molecular weight excluding hydrogens is 496 g/mol. The van der Waals surface area contributed by atoms with Crippen molar-refractivity contribution in [1.82, 2.24) is 50.0 Å². The maximum atomic E-state index is 13.6. The number of hydrogen-bond acceptors (Lipinski definition) is 12. The molecule has 0 aliphatic carbocycles. The highest BCUT2D eigenvalue weighted by atomic mass is 19.3. The van der Waals surface area contributed by atoms with Crippen molar-refractivity contribution in [2.45, 2.75) is 37.4 Å². The SMILES string of the molecule is CNC(=O)[C@H]1O[C@@H](n2cnc3c(NCC(C)(F)F)nc(-n4cc(-c5cccnn5)nn4)nc32)[C@H](O)[C@@H]1O. The van der Waals surface area contributed by atoms with Crippen molar-refractivity contribution >= 4 is 22.9 Å². The number of carbonyl (C=O) groups is 1. The van der Waals surface area contributed by atoms with Crippen LogP contribution in [0.2, 0.25) is 0 Å². The molecule has 4 aromatic heterocycles. The lowest BCUT2D eigenvalue weighted by atomic mass is 10.1. The summed E-state index contributed by atoms with van der Waals surface area (Å²) in [5, 5.41) is 41.6. The largest absolute Gasteiger partial charge is 0.387 e. The van der Waals surface area contributed by atoms with Gasteiger partial charge in [-0.1, -0.05) is 5.21 Å². The van der Waals surface area contributed by atoms with Crippen LogP contribution in [-0.4, -0.2) is 98.7 Å². The van der Waals surface area contributed by atoms with Gasteiger partial charge in [-0.2, -0.15) is 19.7 Å². The number of amides is 1. The number of ether oxygens (including phenoxy) is 1. The molecule has 1 amide bonds. The maximum absolute atomic E-state index is 13.6. The van der Waals surface area contributed by atoms with E-state index in [-0.39, 0.29) is 22.9 Å². The highest BCUT2D eigenvalue weighted by Gasteiger charge is 2.47. The van der Waals surface area contributed by atoms with Crippen LogP contribution in [0.1, 0.15) is 13.2 Å². The average Bonchev–Trinajstić information content (AvgIpc) is 3.61. The van der Waals surface area contributed by atoms with Gasteiger partial charge in [0.1, 0.15) is 23.6 Å². The lowest BCUT2D eigenvalue weighted by Crippen LogP contribution is -2.41. The fourth-order valence-electron chi connectivity index (χ4n) is 3.72. The minimum Gasteiger partial charge on any atom is -0.387 e. The van der Waals surface area contributed by atoms with Crippen LogP contribution in [0.4, 0.5) is 14.6 Å². The van der Waals surface area contributed by atoms with E-state index in [1.807, 2.05) is 0 Å². The Bertz CT molecular complexity index is 1420. The first-order valence-electron chi connectivity index (χ1n) is 11.0. The zero-order valence-corrected chi connectivity index (χ0v) is 19.4. The first-order chi connectivity index (χ1) is 17.7. The summed E-state index contributed by atoms with van der Waals surface area (Å²) in [4.78, 5) is 25.0. The first-order valence-corrected chi connectivity index (χ1v) is 11.0. The first kappa shape index (κ1) is 24.5. The molecule has 1 aliphatic heterocycles. The van der Waals surface area contributed by atoms with Crippen LogP contribution < -0.4 is 10.6 Å². The van der Waals surface area contributed by atoms with Gasteiger partial charge in [0, 0.05) is 20.2 Å². The number of hydrogen-bond donors (Lipinski definition) is 4. The van der Waals surface area contributed by atoms with Crippen molar-refractivity contribution in [3.8, 4) is 17.3 Å². The van der Waals surface area contributed by atoms with Gasteiger partial charge in [0.2, 0.25) is 0 Å². The molecule has 37 heavy (non-hydrogen) atoms. The van der Waals surface area contributed by atoms with Gasteiger partial charge in [0.25, 0.3) is 17.8 Å². The molecule has 1 fully saturated rings. The van der Waals surface area contributed by atoms with Gasteiger partial charge in [-0.25, -0.2) is 13.8 Å². The van der Waals surface area contributed by atoms with E-state index in [4.69, 9.17) is 4.74 Å². The molecule has 0 spiro atoms. The predicted molar refractivity (Wildman–Crippen MR) is 120 cm³/mol. The smallest absolute Gasteiger partial charge is 0.262 e. The molecule has 5 heterocycles. The fraction of sp³-hybridized carbons (Fsp3) is 0.400. The topological polar surface area (TPSA) is 191 Å². The van der Waals surface area contributed by atoms with Crippen LogP contribution in [0.15, 0.2) is 30.9 Å². The predicted octanol–water partition coefficient (Wildman–Crippen LogP) is -0.704. The molecule has 0 saturated carbocycles. The number of aromatic nitrogens is 9. The molecule has 5 rings (SSSR count). The third-order valence-electron chi connectivity index (χ3n) is 5.53. The zero-order chi connectivity index (χ0) is 26.3. The number of alkyl halides is 2. The number of rotatable bonds is 7. The van der Waals surface area contributed by atoms with Crippen LogP contribution in [0.25, 0.3) is 28.5 Å². The Morgan fingerprint density at radius 2 is 2.03 bits per heavy atom. The normalized spacial score (nSPS) is 21.9. The molecule has 15 nitrogen and oxygen atoms in total.